The predicted molar refractivity (Wildman–Crippen MR) is 73.6 cm³/mol. The number of ether oxygens (including phenoxy) is 1. The largest absolute Gasteiger partial charge is 0.476 e. The van der Waals surface area contributed by atoms with Gasteiger partial charge in [-0.2, -0.15) is 0 Å². The molecule has 100 valence electrons. The molecule has 0 amide bonds. The highest BCUT2D eigenvalue weighted by atomic mass is 32.1. The van der Waals surface area contributed by atoms with Crippen LogP contribution in [0, 0.1) is 0 Å². The number of nitrogens with zero attached hydrogens (tertiary/aromatic N) is 1. The van der Waals surface area contributed by atoms with Crippen molar-refractivity contribution in [1.29, 1.82) is 0 Å². The first-order valence-electron chi connectivity index (χ1n) is 5.68. The summed E-state index contributed by atoms with van der Waals surface area (Å²) >= 11 is 1.13. The second kappa shape index (κ2) is 6.31. The van der Waals surface area contributed by atoms with Gasteiger partial charge in [0.05, 0.1) is 18.8 Å². The van der Waals surface area contributed by atoms with Crippen LogP contribution in [0.15, 0.2) is 29.6 Å². The van der Waals surface area contributed by atoms with Gasteiger partial charge in [-0.05, 0) is 17.7 Å². The fraction of sp³-hybridized carbons (Fsp3) is 0.231. The topological polar surface area (TPSA) is 71.5 Å². The second-order valence-electron chi connectivity index (χ2n) is 3.94. The molecule has 5 nitrogen and oxygen atoms in total. The zero-order valence-corrected chi connectivity index (χ0v) is 11.2. The molecule has 1 aromatic heterocycles. The van der Waals surface area contributed by atoms with Crippen LogP contribution in [-0.4, -0.2) is 23.2 Å². The van der Waals surface area contributed by atoms with Gasteiger partial charge in [-0.3, -0.25) is 0 Å². The summed E-state index contributed by atoms with van der Waals surface area (Å²) in [5, 5.41) is 13.9. The summed E-state index contributed by atoms with van der Waals surface area (Å²) in [5.41, 5.74) is 2.76. The SMILES string of the molecule is COCc1cccc(NCc2csc(C(=O)O)n2)c1. The van der Waals surface area contributed by atoms with Crippen LogP contribution >= 0.6 is 11.3 Å². The van der Waals surface area contributed by atoms with E-state index in [1.54, 1.807) is 12.5 Å². The molecule has 0 radical (unpaired) electrons. The van der Waals surface area contributed by atoms with Crippen molar-refractivity contribution in [3.8, 4) is 0 Å². The lowest BCUT2D eigenvalue weighted by Crippen LogP contribution is -2.02. The molecule has 0 saturated carbocycles. The van der Waals surface area contributed by atoms with E-state index in [1.807, 2.05) is 24.3 Å². The molecule has 0 bridgehead atoms. The smallest absolute Gasteiger partial charge is 0.365 e. The Kier molecular flexibility index (Phi) is 4.48. The van der Waals surface area contributed by atoms with E-state index in [-0.39, 0.29) is 5.01 Å². The van der Waals surface area contributed by atoms with Gasteiger partial charge in [-0.25, -0.2) is 9.78 Å². The highest BCUT2D eigenvalue weighted by molar-refractivity contribution is 7.11. The Morgan fingerprint density at radius 1 is 1.53 bits per heavy atom. The lowest BCUT2D eigenvalue weighted by molar-refractivity contribution is 0.0696. The number of aromatic carboxylic acids is 1. The molecular weight excluding hydrogens is 264 g/mol. The Balaban J connectivity index is 1.97. The summed E-state index contributed by atoms with van der Waals surface area (Å²) in [4.78, 5) is 14.7. The van der Waals surface area contributed by atoms with Gasteiger partial charge in [0.1, 0.15) is 0 Å². The van der Waals surface area contributed by atoms with Crippen LogP contribution in [0.5, 0.6) is 0 Å². The summed E-state index contributed by atoms with van der Waals surface area (Å²) in [5.74, 6) is -0.988. The minimum absolute atomic E-state index is 0.116. The Labute approximate surface area is 114 Å². The first-order chi connectivity index (χ1) is 9.19. The maximum atomic E-state index is 10.7. The van der Waals surface area contributed by atoms with Crippen LogP contribution in [-0.2, 0) is 17.9 Å². The van der Waals surface area contributed by atoms with E-state index in [2.05, 4.69) is 10.3 Å². The zero-order chi connectivity index (χ0) is 13.7. The van der Waals surface area contributed by atoms with Crippen molar-refractivity contribution in [2.24, 2.45) is 0 Å². The number of carboxylic acid groups (broad SMARTS) is 1. The number of benzene rings is 1. The Bertz CT molecular complexity index is 569. The standard InChI is InChI=1S/C13H14N2O3S/c1-18-7-9-3-2-4-10(5-9)14-6-11-8-19-12(15-11)13(16)17/h2-5,8,14H,6-7H2,1H3,(H,16,17). The first kappa shape index (κ1) is 13.5. The van der Waals surface area contributed by atoms with Crippen molar-refractivity contribution in [2.75, 3.05) is 12.4 Å². The molecule has 0 aliphatic rings. The van der Waals surface area contributed by atoms with Crippen molar-refractivity contribution in [3.63, 3.8) is 0 Å². The molecule has 6 heteroatoms. The Morgan fingerprint density at radius 2 is 2.37 bits per heavy atom. The number of hydrogen-bond donors (Lipinski definition) is 2. The van der Waals surface area contributed by atoms with Crippen molar-refractivity contribution in [1.82, 2.24) is 4.98 Å². The predicted octanol–water partition coefficient (Wildman–Crippen LogP) is 2.60. The highest BCUT2D eigenvalue weighted by Gasteiger charge is 2.08. The lowest BCUT2D eigenvalue weighted by atomic mass is 10.2. The molecule has 0 unspecified atom stereocenters. The lowest BCUT2D eigenvalue weighted by Gasteiger charge is -2.06. The summed E-state index contributed by atoms with van der Waals surface area (Å²) in [6.07, 6.45) is 0. The fourth-order valence-electron chi connectivity index (χ4n) is 1.62. The van der Waals surface area contributed by atoms with Crippen LogP contribution in [0.1, 0.15) is 21.1 Å². The van der Waals surface area contributed by atoms with Crippen molar-refractivity contribution in [3.05, 3.63) is 45.9 Å². The molecule has 2 N–H and O–H groups in total. The van der Waals surface area contributed by atoms with Gasteiger partial charge in [-0.1, -0.05) is 12.1 Å². The maximum Gasteiger partial charge on any atom is 0.365 e. The van der Waals surface area contributed by atoms with E-state index in [1.165, 1.54) is 0 Å². The van der Waals surface area contributed by atoms with E-state index in [9.17, 15) is 4.79 Å². The fourth-order valence-corrected chi connectivity index (χ4v) is 2.27. The second-order valence-corrected chi connectivity index (χ2v) is 4.79. The number of nitrogens with one attached hydrogen (secondary N) is 1. The number of rotatable bonds is 6. The van der Waals surface area contributed by atoms with Crippen molar-refractivity contribution in [2.45, 2.75) is 13.2 Å². The average molecular weight is 278 g/mol. The molecule has 2 aromatic rings. The van der Waals surface area contributed by atoms with E-state index < -0.39 is 5.97 Å². The summed E-state index contributed by atoms with van der Waals surface area (Å²) in [7, 11) is 1.66. The van der Waals surface area contributed by atoms with Gasteiger partial charge in [-0.15, -0.1) is 11.3 Å². The Hall–Kier alpha value is -1.92. The van der Waals surface area contributed by atoms with Gasteiger partial charge in [0.2, 0.25) is 5.01 Å². The molecule has 2 rings (SSSR count). The summed E-state index contributed by atoms with van der Waals surface area (Å²) < 4.78 is 5.07. The van der Waals surface area contributed by atoms with Gasteiger partial charge in [0.25, 0.3) is 0 Å². The molecular formula is C13H14N2O3S. The van der Waals surface area contributed by atoms with Gasteiger partial charge in [0, 0.05) is 18.2 Å². The van der Waals surface area contributed by atoms with Crippen molar-refractivity contribution < 1.29 is 14.6 Å². The molecule has 0 spiro atoms. The number of anilines is 1. The van der Waals surface area contributed by atoms with E-state index in [4.69, 9.17) is 9.84 Å². The normalized spacial score (nSPS) is 10.4. The number of methoxy groups -OCH3 is 1. The number of hydrogen-bond acceptors (Lipinski definition) is 5. The summed E-state index contributed by atoms with van der Waals surface area (Å²) in [6.45, 7) is 1.07. The number of carboxylic acids is 1. The van der Waals surface area contributed by atoms with Crippen LogP contribution < -0.4 is 5.32 Å². The third kappa shape index (κ3) is 3.77. The van der Waals surface area contributed by atoms with Gasteiger partial charge in [0.15, 0.2) is 0 Å². The third-order valence-electron chi connectivity index (χ3n) is 2.45. The van der Waals surface area contributed by atoms with Gasteiger partial charge >= 0.3 is 5.97 Å². The minimum atomic E-state index is -0.988. The monoisotopic (exact) mass is 278 g/mol. The van der Waals surface area contributed by atoms with Crippen LogP contribution in [0.4, 0.5) is 5.69 Å². The molecule has 1 heterocycles. The molecule has 19 heavy (non-hydrogen) atoms. The van der Waals surface area contributed by atoms with E-state index in [0.29, 0.717) is 13.2 Å². The highest BCUT2D eigenvalue weighted by Crippen LogP contribution is 2.14. The number of carbonyl (C=O) groups is 1. The number of thiazole rings is 1. The van der Waals surface area contributed by atoms with Crippen LogP contribution in [0.2, 0.25) is 0 Å². The molecule has 0 aliphatic carbocycles. The molecule has 0 atom stereocenters. The van der Waals surface area contributed by atoms with Crippen LogP contribution in [0.3, 0.4) is 0 Å². The quantitative estimate of drug-likeness (QED) is 0.849. The first-order valence-corrected chi connectivity index (χ1v) is 6.56. The van der Waals surface area contributed by atoms with Crippen molar-refractivity contribution >= 4 is 23.0 Å². The van der Waals surface area contributed by atoms with Gasteiger partial charge < -0.3 is 15.2 Å². The molecule has 0 fully saturated rings. The summed E-state index contributed by atoms with van der Waals surface area (Å²) in [6, 6.07) is 7.87. The van der Waals surface area contributed by atoms with E-state index in [0.717, 1.165) is 28.3 Å². The zero-order valence-electron chi connectivity index (χ0n) is 10.4. The molecule has 0 saturated heterocycles. The van der Waals surface area contributed by atoms with E-state index >= 15 is 0 Å². The Morgan fingerprint density at radius 3 is 3.05 bits per heavy atom. The third-order valence-corrected chi connectivity index (χ3v) is 3.33. The minimum Gasteiger partial charge on any atom is -0.476 e. The molecule has 1 aromatic carbocycles. The van der Waals surface area contributed by atoms with Crippen LogP contribution in [0.25, 0.3) is 0 Å². The molecule has 0 aliphatic heterocycles. The number of aromatic nitrogens is 1. The average Bonchev–Trinajstić information content (AvgIpc) is 2.86. The maximum absolute atomic E-state index is 10.7.